The molecule has 0 saturated carbocycles. The second-order valence-corrected chi connectivity index (χ2v) is 3.33. The molecule has 1 rings (SSSR count). The van der Waals surface area contributed by atoms with Gasteiger partial charge in [0.15, 0.2) is 0 Å². The monoisotopic (exact) mass is 211 g/mol. The molecule has 0 unspecified atom stereocenters. The van der Waals surface area contributed by atoms with Crippen molar-refractivity contribution < 1.29 is 8.78 Å². The van der Waals surface area contributed by atoms with Crippen LogP contribution in [0.3, 0.4) is 0 Å². The van der Waals surface area contributed by atoms with Crippen molar-refractivity contribution in [1.29, 1.82) is 0 Å². The lowest BCUT2D eigenvalue weighted by molar-refractivity contribution is 0.151. The lowest BCUT2D eigenvalue weighted by Crippen LogP contribution is -2.01. The van der Waals surface area contributed by atoms with Gasteiger partial charge in [-0.2, -0.15) is 0 Å². The molecule has 1 aromatic carbocycles. The first-order valence-electron chi connectivity index (χ1n) is 4.95. The highest BCUT2D eigenvalue weighted by molar-refractivity contribution is 5.53. The molecule has 0 fully saturated rings. The largest absolute Gasteiger partial charge is 0.327 e. The van der Waals surface area contributed by atoms with Gasteiger partial charge < -0.3 is 5.73 Å². The summed E-state index contributed by atoms with van der Waals surface area (Å²) in [5.74, 6) is 0. The smallest absolute Gasteiger partial charge is 0.263 e. The van der Waals surface area contributed by atoms with Crippen molar-refractivity contribution in [2.24, 2.45) is 5.73 Å². The Morgan fingerprint density at radius 2 is 1.93 bits per heavy atom. The molecule has 0 heterocycles. The second-order valence-electron chi connectivity index (χ2n) is 3.33. The highest BCUT2D eigenvalue weighted by Crippen LogP contribution is 2.19. The summed E-state index contributed by atoms with van der Waals surface area (Å²) in [5, 5.41) is 0. The van der Waals surface area contributed by atoms with Crippen molar-refractivity contribution in [3.63, 3.8) is 0 Å². The maximum absolute atomic E-state index is 12.3. The van der Waals surface area contributed by atoms with Gasteiger partial charge in [0.1, 0.15) is 0 Å². The van der Waals surface area contributed by atoms with Crippen LogP contribution in [0.15, 0.2) is 29.8 Å². The molecule has 0 spiro atoms. The summed E-state index contributed by atoms with van der Waals surface area (Å²) in [6, 6.07) is 6.26. The van der Waals surface area contributed by atoms with E-state index in [1.54, 1.807) is 12.1 Å². The van der Waals surface area contributed by atoms with E-state index < -0.39 is 6.43 Å². The maximum atomic E-state index is 12.3. The van der Waals surface area contributed by atoms with Crippen LogP contribution in [0.4, 0.5) is 8.78 Å². The fourth-order valence-electron chi connectivity index (χ4n) is 1.28. The van der Waals surface area contributed by atoms with Crippen LogP contribution < -0.4 is 5.73 Å². The quantitative estimate of drug-likeness (QED) is 0.811. The third-order valence-corrected chi connectivity index (χ3v) is 2.28. The van der Waals surface area contributed by atoms with Crippen LogP contribution in [0.2, 0.25) is 0 Å². The summed E-state index contributed by atoms with van der Waals surface area (Å²) in [6.45, 7) is 2.53. The fourth-order valence-corrected chi connectivity index (χ4v) is 1.28. The molecule has 0 saturated heterocycles. The minimum Gasteiger partial charge on any atom is -0.327 e. The lowest BCUT2D eigenvalue weighted by atomic mass is 10.1. The molecule has 0 amide bonds. The van der Waals surface area contributed by atoms with E-state index in [4.69, 9.17) is 5.73 Å². The van der Waals surface area contributed by atoms with Gasteiger partial charge >= 0.3 is 0 Å². The van der Waals surface area contributed by atoms with Crippen LogP contribution in [0, 0.1) is 0 Å². The zero-order chi connectivity index (χ0) is 11.3. The van der Waals surface area contributed by atoms with Crippen molar-refractivity contribution in [1.82, 2.24) is 0 Å². The number of nitrogens with two attached hydrogens (primary N) is 1. The summed E-state index contributed by atoms with van der Waals surface area (Å²) in [6.07, 6.45) is 0.422. The molecule has 2 N–H and O–H groups in total. The molecule has 0 radical (unpaired) electrons. The highest BCUT2D eigenvalue weighted by atomic mass is 19.3. The van der Waals surface area contributed by atoms with Crippen LogP contribution in [-0.2, 0) is 0 Å². The van der Waals surface area contributed by atoms with Gasteiger partial charge in [-0.3, -0.25) is 0 Å². The number of benzene rings is 1. The van der Waals surface area contributed by atoms with Gasteiger partial charge in [0, 0.05) is 12.1 Å². The van der Waals surface area contributed by atoms with Crippen LogP contribution in [0.1, 0.15) is 30.9 Å². The fraction of sp³-hybridized carbons (Fsp3) is 0.333. The number of alkyl halides is 2. The second kappa shape index (κ2) is 5.61. The molecular weight excluding hydrogens is 196 g/mol. The standard InChI is InChI=1S/C12H15F2N/c1-2-9(8-15)7-10-3-5-11(6-4-10)12(13)14/h3-7,12H,2,8,15H2,1H3/b9-7-. The highest BCUT2D eigenvalue weighted by Gasteiger charge is 2.04. The number of hydrogen-bond donors (Lipinski definition) is 1. The summed E-state index contributed by atoms with van der Waals surface area (Å²) in [7, 11) is 0. The Bertz CT molecular complexity index is 322. The van der Waals surface area contributed by atoms with Crippen LogP contribution in [0.5, 0.6) is 0 Å². The van der Waals surface area contributed by atoms with Crippen LogP contribution in [-0.4, -0.2) is 6.54 Å². The van der Waals surface area contributed by atoms with Crippen molar-refractivity contribution in [3.8, 4) is 0 Å². The first-order valence-corrected chi connectivity index (χ1v) is 4.95. The molecule has 0 aromatic heterocycles. The molecule has 1 nitrogen and oxygen atoms in total. The molecule has 82 valence electrons. The minimum atomic E-state index is -2.40. The van der Waals surface area contributed by atoms with Gasteiger partial charge in [-0.1, -0.05) is 42.8 Å². The SMILES string of the molecule is CC/C(=C/c1ccc(C(F)F)cc1)CN. The molecular formula is C12H15F2N. The topological polar surface area (TPSA) is 26.0 Å². The Morgan fingerprint density at radius 3 is 2.33 bits per heavy atom. The molecule has 15 heavy (non-hydrogen) atoms. The molecule has 0 aliphatic heterocycles. The minimum absolute atomic E-state index is 0.0537. The Hall–Kier alpha value is -1.22. The Kier molecular flexibility index (Phi) is 4.43. The molecule has 0 atom stereocenters. The van der Waals surface area contributed by atoms with Gasteiger partial charge in [-0.05, 0) is 12.0 Å². The van der Waals surface area contributed by atoms with Gasteiger partial charge in [-0.15, -0.1) is 0 Å². The van der Waals surface area contributed by atoms with E-state index in [-0.39, 0.29) is 5.56 Å². The lowest BCUT2D eigenvalue weighted by Gasteiger charge is -2.02. The molecule has 0 aliphatic carbocycles. The Labute approximate surface area is 88.6 Å². The third-order valence-electron chi connectivity index (χ3n) is 2.28. The predicted molar refractivity (Wildman–Crippen MR) is 58.7 cm³/mol. The third kappa shape index (κ3) is 3.44. The predicted octanol–water partition coefficient (Wildman–Crippen LogP) is 3.38. The normalized spacial score (nSPS) is 12.2. The van der Waals surface area contributed by atoms with Crippen molar-refractivity contribution in [3.05, 3.63) is 41.0 Å². The van der Waals surface area contributed by atoms with E-state index in [1.807, 2.05) is 13.0 Å². The summed E-state index contributed by atoms with van der Waals surface area (Å²) >= 11 is 0. The van der Waals surface area contributed by atoms with Crippen LogP contribution in [0.25, 0.3) is 6.08 Å². The molecule has 1 aromatic rings. The van der Waals surface area contributed by atoms with Crippen molar-refractivity contribution >= 4 is 6.08 Å². The van der Waals surface area contributed by atoms with E-state index in [2.05, 4.69) is 0 Å². The first kappa shape index (κ1) is 11.9. The van der Waals surface area contributed by atoms with Gasteiger partial charge in [-0.25, -0.2) is 8.78 Å². The zero-order valence-electron chi connectivity index (χ0n) is 8.71. The average Bonchev–Trinajstić information content (AvgIpc) is 2.26. The Balaban J connectivity index is 2.84. The van der Waals surface area contributed by atoms with Gasteiger partial charge in [0.25, 0.3) is 6.43 Å². The van der Waals surface area contributed by atoms with E-state index >= 15 is 0 Å². The molecule has 3 heteroatoms. The molecule has 0 aliphatic rings. The van der Waals surface area contributed by atoms with Gasteiger partial charge in [0.2, 0.25) is 0 Å². The zero-order valence-corrected chi connectivity index (χ0v) is 8.71. The van der Waals surface area contributed by atoms with Crippen molar-refractivity contribution in [2.75, 3.05) is 6.54 Å². The maximum Gasteiger partial charge on any atom is 0.263 e. The number of hydrogen-bond acceptors (Lipinski definition) is 1. The summed E-state index contributed by atoms with van der Waals surface area (Å²) in [5.41, 5.74) is 7.60. The summed E-state index contributed by atoms with van der Waals surface area (Å²) in [4.78, 5) is 0. The number of rotatable bonds is 4. The molecule has 0 bridgehead atoms. The average molecular weight is 211 g/mol. The van der Waals surface area contributed by atoms with E-state index in [9.17, 15) is 8.78 Å². The summed E-state index contributed by atoms with van der Waals surface area (Å²) < 4.78 is 24.5. The first-order chi connectivity index (χ1) is 7.17. The van der Waals surface area contributed by atoms with Crippen molar-refractivity contribution in [2.45, 2.75) is 19.8 Å². The van der Waals surface area contributed by atoms with Gasteiger partial charge in [0.05, 0.1) is 0 Å². The van der Waals surface area contributed by atoms with Crippen LogP contribution >= 0.6 is 0 Å². The number of halogens is 2. The van der Waals surface area contributed by atoms with E-state index in [1.165, 1.54) is 12.1 Å². The van der Waals surface area contributed by atoms with E-state index in [0.717, 1.165) is 17.6 Å². The van der Waals surface area contributed by atoms with E-state index in [0.29, 0.717) is 6.54 Å². The Morgan fingerprint density at radius 1 is 1.33 bits per heavy atom.